The Bertz CT molecular complexity index is 435. The van der Waals surface area contributed by atoms with Gasteiger partial charge in [0.15, 0.2) is 0 Å². The predicted molar refractivity (Wildman–Crippen MR) is 76.7 cm³/mol. The predicted octanol–water partition coefficient (Wildman–Crippen LogP) is 4.43. The van der Waals surface area contributed by atoms with Crippen LogP contribution in [0.5, 0.6) is 5.75 Å². The van der Waals surface area contributed by atoms with E-state index in [-0.39, 0.29) is 5.41 Å². The molecule has 1 fully saturated rings. The molecule has 0 unspecified atom stereocenters. The van der Waals surface area contributed by atoms with Crippen LogP contribution in [0.3, 0.4) is 0 Å². The van der Waals surface area contributed by atoms with Crippen molar-refractivity contribution < 1.29 is 5.11 Å². The maximum absolute atomic E-state index is 9.57. The van der Waals surface area contributed by atoms with Gasteiger partial charge in [-0.1, -0.05) is 31.9 Å². The molecule has 1 aliphatic carbocycles. The summed E-state index contributed by atoms with van der Waals surface area (Å²) in [7, 11) is 0. The number of benzene rings is 1. The first-order chi connectivity index (χ1) is 9.17. The zero-order valence-corrected chi connectivity index (χ0v) is 11.7. The number of phenolic OH excluding ortho intramolecular Hbond substituents is 1. The topological polar surface area (TPSA) is 44.0 Å². The molecule has 0 bridgehead atoms. The molecule has 2 rings (SSSR count). The van der Waals surface area contributed by atoms with Crippen molar-refractivity contribution in [3.8, 4) is 11.8 Å². The second kappa shape index (κ2) is 6.10. The molecule has 0 heterocycles. The summed E-state index contributed by atoms with van der Waals surface area (Å²) in [5.41, 5.74) is 0.981. The van der Waals surface area contributed by atoms with Gasteiger partial charge in [0.05, 0.1) is 11.5 Å². The second-order valence-electron chi connectivity index (χ2n) is 5.97. The summed E-state index contributed by atoms with van der Waals surface area (Å²) in [6, 6.07) is 9.88. The SMILES string of the molecule is CCCC1CCC(C#N)(Cc2ccc(O)cc2)CC1. The van der Waals surface area contributed by atoms with E-state index in [1.165, 1.54) is 25.7 Å². The summed E-state index contributed by atoms with van der Waals surface area (Å²) in [6.07, 6.45) is 7.81. The van der Waals surface area contributed by atoms with E-state index in [1.54, 1.807) is 12.1 Å². The third-order valence-electron chi connectivity index (χ3n) is 4.48. The molecule has 0 aliphatic heterocycles. The zero-order valence-electron chi connectivity index (χ0n) is 11.7. The quantitative estimate of drug-likeness (QED) is 0.866. The molecular formula is C17H23NO. The lowest BCUT2D eigenvalue weighted by Crippen LogP contribution is -2.28. The fourth-order valence-electron chi connectivity index (χ4n) is 3.26. The lowest BCUT2D eigenvalue weighted by Gasteiger charge is -2.35. The number of aromatic hydroxyl groups is 1. The number of nitriles is 1. The maximum atomic E-state index is 9.57. The van der Waals surface area contributed by atoms with Crippen LogP contribution in [-0.2, 0) is 6.42 Å². The Hall–Kier alpha value is -1.49. The van der Waals surface area contributed by atoms with Crippen molar-refractivity contribution in [3.63, 3.8) is 0 Å². The van der Waals surface area contributed by atoms with Crippen molar-refractivity contribution in [3.05, 3.63) is 29.8 Å². The normalized spacial score (nSPS) is 26.8. The van der Waals surface area contributed by atoms with Crippen LogP contribution in [0.15, 0.2) is 24.3 Å². The van der Waals surface area contributed by atoms with Gasteiger partial charge in [0, 0.05) is 0 Å². The minimum absolute atomic E-state index is 0.179. The molecule has 2 heteroatoms. The molecule has 0 atom stereocenters. The Balaban J connectivity index is 2.01. The van der Waals surface area contributed by atoms with Crippen LogP contribution < -0.4 is 0 Å². The number of rotatable bonds is 4. The zero-order chi connectivity index (χ0) is 13.7. The minimum Gasteiger partial charge on any atom is -0.508 e. The Morgan fingerprint density at radius 2 is 1.89 bits per heavy atom. The van der Waals surface area contributed by atoms with Crippen molar-refractivity contribution in [1.29, 1.82) is 5.26 Å². The molecule has 0 spiro atoms. The summed E-state index contributed by atoms with van der Waals surface area (Å²) in [4.78, 5) is 0. The summed E-state index contributed by atoms with van der Waals surface area (Å²) >= 11 is 0. The Kier molecular flexibility index (Phi) is 4.47. The van der Waals surface area contributed by atoms with Crippen LogP contribution in [0.4, 0.5) is 0 Å². The molecule has 19 heavy (non-hydrogen) atoms. The molecule has 1 aliphatic rings. The minimum atomic E-state index is -0.179. The van der Waals surface area contributed by atoms with E-state index in [0.29, 0.717) is 5.75 Å². The van der Waals surface area contributed by atoms with E-state index in [2.05, 4.69) is 13.0 Å². The average Bonchev–Trinajstić information content (AvgIpc) is 2.44. The Morgan fingerprint density at radius 3 is 2.42 bits per heavy atom. The molecule has 1 saturated carbocycles. The Morgan fingerprint density at radius 1 is 1.26 bits per heavy atom. The monoisotopic (exact) mass is 257 g/mol. The van der Waals surface area contributed by atoms with Crippen LogP contribution >= 0.6 is 0 Å². The van der Waals surface area contributed by atoms with Gasteiger partial charge in [0.1, 0.15) is 5.75 Å². The molecule has 1 aromatic rings. The van der Waals surface area contributed by atoms with Gasteiger partial charge in [-0.15, -0.1) is 0 Å². The summed E-state index contributed by atoms with van der Waals surface area (Å²) < 4.78 is 0. The first kappa shape index (κ1) is 13.9. The molecular weight excluding hydrogens is 234 g/mol. The van der Waals surface area contributed by atoms with E-state index in [9.17, 15) is 10.4 Å². The van der Waals surface area contributed by atoms with E-state index < -0.39 is 0 Å². The van der Waals surface area contributed by atoms with E-state index in [0.717, 1.165) is 30.7 Å². The fraction of sp³-hybridized carbons (Fsp3) is 0.588. The van der Waals surface area contributed by atoms with Crippen molar-refractivity contribution in [1.82, 2.24) is 0 Å². The standard InChI is InChI=1S/C17H23NO/c1-2-3-14-8-10-17(13-18,11-9-14)12-15-4-6-16(19)7-5-15/h4-7,14,19H,2-3,8-12H2,1H3. The lowest BCUT2D eigenvalue weighted by atomic mass is 9.67. The molecule has 0 radical (unpaired) electrons. The molecule has 0 aromatic heterocycles. The molecule has 1 aromatic carbocycles. The number of nitrogens with zero attached hydrogens (tertiary/aromatic N) is 1. The number of hydrogen-bond acceptors (Lipinski definition) is 2. The largest absolute Gasteiger partial charge is 0.508 e. The van der Waals surface area contributed by atoms with Gasteiger partial charge in [-0.3, -0.25) is 0 Å². The van der Waals surface area contributed by atoms with Gasteiger partial charge in [-0.25, -0.2) is 0 Å². The summed E-state index contributed by atoms with van der Waals surface area (Å²) in [6.45, 7) is 2.24. The van der Waals surface area contributed by atoms with Crippen LogP contribution in [0.1, 0.15) is 51.0 Å². The highest BCUT2D eigenvalue weighted by Crippen LogP contribution is 2.42. The van der Waals surface area contributed by atoms with E-state index in [1.807, 2.05) is 12.1 Å². The van der Waals surface area contributed by atoms with Crippen LogP contribution in [-0.4, -0.2) is 5.11 Å². The first-order valence-electron chi connectivity index (χ1n) is 7.36. The highest BCUT2D eigenvalue weighted by molar-refractivity contribution is 5.27. The summed E-state index contributed by atoms with van der Waals surface area (Å²) in [5, 5.41) is 18.9. The van der Waals surface area contributed by atoms with Crippen LogP contribution in [0.25, 0.3) is 0 Å². The molecule has 0 amide bonds. The van der Waals surface area contributed by atoms with E-state index in [4.69, 9.17) is 0 Å². The number of hydrogen-bond donors (Lipinski definition) is 1. The Labute approximate surface area is 116 Å². The van der Waals surface area contributed by atoms with Crippen LogP contribution in [0.2, 0.25) is 0 Å². The van der Waals surface area contributed by atoms with Crippen molar-refractivity contribution in [2.45, 2.75) is 51.9 Å². The third-order valence-corrected chi connectivity index (χ3v) is 4.48. The number of phenols is 1. The molecule has 1 N–H and O–H groups in total. The van der Waals surface area contributed by atoms with Crippen molar-refractivity contribution in [2.24, 2.45) is 11.3 Å². The fourth-order valence-corrected chi connectivity index (χ4v) is 3.26. The lowest BCUT2D eigenvalue weighted by molar-refractivity contribution is 0.200. The van der Waals surface area contributed by atoms with Crippen molar-refractivity contribution in [2.75, 3.05) is 0 Å². The van der Waals surface area contributed by atoms with Gasteiger partial charge in [0.25, 0.3) is 0 Å². The van der Waals surface area contributed by atoms with E-state index >= 15 is 0 Å². The maximum Gasteiger partial charge on any atom is 0.115 e. The molecule has 0 saturated heterocycles. The van der Waals surface area contributed by atoms with Gasteiger partial charge >= 0.3 is 0 Å². The highest BCUT2D eigenvalue weighted by atomic mass is 16.3. The highest BCUT2D eigenvalue weighted by Gasteiger charge is 2.35. The van der Waals surface area contributed by atoms with Crippen molar-refractivity contribution >= 4 is 0 Å². The first-order valence-corrected chi connectivity index (χ1v) is 7.36. The van der Waals surface area contributed by atoms with Crippen LogP contribution in [0, 0.1) is 22.7 Å². The van der Waals surface area contributed by atoms with Gasteiger partial charge in [0.2, 0.25) is 0 Å². The molecule has 102 valence electrons. The van der Waals surface area contributed by atoms with Gasteiger partial charge in [-0.05, 0) is 55.7 Å². The molecule has 2 nitrogen and oxygen atoms in total. The van der Waals surface area contributed by atoms with Gasteiger partial charge in [-0.2, -0.15) is 5.26 Å². The third kappa shape index (κ3) is 3.50. The smallest absolute Gasteiger partial charge is 0.115 e. The van der Waals surface area contributed by atoms with Gasteiger partial charge < -0.3 is 5.11 Å². The average molecular weight is 257 g/mol. The summed E-state index contributed by atoms with van der Waals surface area (Å²) in [5.74, 6) is 1.12. The second-order valence-corrected chi connectivity index (χ2v) is 5.97.